The SMILES string of the molecule is Cc1ccsc1C(=O)OCC(=O)c1cc(C)n(C2CC2)c1C. The van der Waals surface area contributed by atoms with Crippen molar-refractivity contribution >= 4 is 23.1 Å². The van der Waals surface area contributed by atoms with Crippen molar-refractivity contribution in [2.75, 3.05) is 6.61 Å². The third-order valence-corrected chi connectivity index (χ3v) is 5.08. The van der Waals surface area contributed by atoms with Gasteiger partial charge in [0.25, 0.3) is 0 Å². The van der Waals surface area contributed by atoms with Crippen LogP contribution in [-0.2, 0) is 4.74 Å². The Labute approximate surface area is 133 Å². The van der Waals surface area contributed by atoms with Crippen molar-refractivity contribution in [1.82, 2.24) is 4.57 Å². The zero-order valence-electron chi connectivity index (χ0n) is 13.0. The molecule has 0 amide bonds. The first-order valence-corrected chi connectivity index (χ1v) is 8.30. The van der Waals surface area contributed by atoms with Gasteiger partial charge in [0.05, 0.1) is 0 Å². The average Bonchev–Trinajstić information content (AvgIpc) is 3.14. The van der Waals surface area contributed by atoms with Crippen molar-refractivity contribution in [2.24, 2.45) is 0 Å². The van der Waals surface area contributed by atoms with Crippen molar-refractivity contribution < 1.29 is 14.3 Å². The number of ether oxygens (including phenoxy) is 1. The van der Waals surface area contributed by atoms with Crippen LogP contribution in [0.15, 0.2) is 17.5 Å². The van der Waals surface area contributed by atoms with E-state index in [1.54, 1.807) is 0 Å². The van der Waals surface area contributed by atoms with E-state index in [0.29, 0.717) is 16.5 Å². The summed E-state index contributed by atoms with van der Waals surface area (Å²) in [7, 11) is 0. The molecule has 0 radical (unpaired) electrons. The van der Waals surface area contributed by atoms with Gasteiger partial charge in [0.2, 0.25) is 5.78 Å². The summed E-state index contributed by atoms with van der Waals surface area (Å²) in [6.45, 7) is 5.64. The molecule has 0 aliphatic heterocycles. The van der Waals surface area contributed by atoms with E-state index in [2.05, 4.69) is 4.57 Å². The predicted octanol–water partition coefficient (Wildman–Crippen LogP) is 3.85. The lowest BCUT2D eigenvalue weighted by atomic mass is 10.1. The summed E-state index contributed by atoms with van der Waals surface area (Å²) in [5, 5.41) is 1.84. The molecule has 0 bridgehead atoms. The molecular formula is C17H19NO3S. The molecule has 0 spiro atoms. The van der Waals surface area contributed by atoms with Crippen LogP contribution >= 0.6 is 11.3 Å². The molecule has 1 aliphatic carbocycles. The number of carbonyl (C=O) groups excluding carboxylic acids is 2. The van der Waals surface area contributed by atoms with Crippen molar-refractivity contribution in [3.63, 3.8) is 0 Å². The number of esters is 1. The lowest BCUT2D eigenvalue weighted by Crippen LogP contribution is -2.15. The normalized spacial score (nSPS) is 14.1. The van der Waals surface area contributed by atoms with Crippen LogP contribution < -0.4 is 0 Å². The Balaban J connectivity index is 1.69. The van der Waals surface area contributed by atoms with Crippen LogP contribution in [0.1, 0.15) is 55.9 Å². The largest absolute Gasteiger partial charge is 0.453 e. The van der Waals surface area contributed by atoms with Gasteiger partial charge in [-0.1, -0.05) is 0 Å². The number of aromatic nitrogens is 1. The van der Waals surface area contributed by atoms with Crippen LogP contribution in [0.4, 0.5) is 0 Å². The average molecular weight is 317 g/mol. The Bertz CT molecular complexity index is 737. The molecule has 4 nitrogen and oxygen atoms in total. The molecule has 2 aromatic heterocycles. The fourth-order valence-electron chi connectivity index (χ4n) is 2.81. The molecule has 0 saturated heterocycles. The first-order valence-electron chi connectivity index (χ1n) is 7.42. The topological polar surface area (TPSA) is 48.3 Å². The number of nitrogens with zero attached hydrogens (tertiary/aromatic N) is 1. The van der Waals surface area contributed by atoms with Crippen LogP contribution in [0.25, 0.3) is 0 Å². The number of aryl methyl sites for hydroxylation is 2. The summed E-state index contributed by atoms with van der Waals surface area (Å²) in [6.07, 6.45) is 2.35. The lowest BCUT2D eigenvalue weighted by Gasteiger charge is -2.07. The van der Waals surface area contributed by atoms with E-state index in [9.17, 15) is 9.59 Å². The van der Waals surface area contributed by atoms with Crippen LogP contribution in [0.3, 0.4) is 0 Å². The monoisotopic (exact) mass is 317 g/mol. The molecule has 2 heterocycles. The molecule has 1 saturated carbocycles. The maximum Gasteiger partial charge on any atom is 0.349 e. The summed E-state index contributed by atoms with van der Waals surface area (Å²) in [6, 6.07) is 4.31. The van der Waals surface area contributed by atoms with Gasteiger partial charge >= 0.3 is 5.97 Å². The zero-order valence-corrected chi connectivity index (χ0v) is 13.8. The molecule has 0 aromatic carbocycles. The summed E-state index contributed by atoms with van der Waals surface area (Å²) >= 11 is 1.34. The number of thiophene rings is 1. The third kappa shape index (κ3) is 2.73. The van der Waals surface area contributed by atoms with Crippen LogP contribution in [0, 0.1) is 20.8 Å². The van der Waals surface area contributed by atoms with Crippen LogP contribution in [-0.4, -0.2) is 22.9 Å². The van der Waals surface area contributed by atoms with Gasteiger partial charge in [0.1, 0.15) is 4.88 Å². The molecule has 0 N–H and O–H groups in total. The minimum Gasteiger partial charge on any atom is -0.453 e. The highest BCUT2D eigenvalue weighted by Gasteiger charge is 2.28. The number of hydrogen-bond donors (Lipinski definition) is 0. The Morgan fingerprint density at radius 1 is 1.32 bits per heavy atom. The number of Topliss-reactive ketones (excluding diaryl/α,β-unsaturated/α-hetero) is 1. The quantitative estimate of drug-likeness (QED) is 0.621. The van der Waals surface area contributed by atoms with E-state index in [-0.39, 0.29) is 12.4 Å². The Morgan fingerprint density at radius 2 is 2.05 bits per heavy atom. The van der Waals surface area contributed by atoms with Crippen molar-refractivity contribution in [2.45, 2.75) is 39.7 Å². The van der Waals surface area contributed by atoms with E-state index < -0.39 is 5.97 Å². The molecule has 5 heteroatoms. The van der Waals surface area contributed by atoms with E-state index in [1.165, 1.54) is 24.2 Å². The van der Waals surface area contributed by atoms with Gasteiger partial charge in [-0.05, 0) is 56.7 Å². The molecule has 1 aliphatic rings. The highest BCUT2D eigenvalue weighted by molar-refractivity contribution is 7.12. The molecule has 2 aromatic rings. The second-order valence-electron chi connectivity index (χ2n) is 5.82. The van der Waals surface area contributed by atoms with Crippen LogP contribution in [0.5, 0.6) is 0 Å². The Kier molecular flexibility index (Phi) is 3.91. The molecule has 0 atom stereocenters. The maximum absolute atomic E-state index is 12.3. The van der Waals surface area contributed by atoms with Crippen molar-refractivity contribution in [3.05, 3.63) is 44.9 Å². The van der Waals surface area contributed by atoms with E-state index >= 15 is 0 Å². The Hall–Kier alpha value is -1.88. The molecule has 22 heavy (non-hydrogen) atoms. The maximum atomic E-state index is 12.3. The van der Waals surface area contributed by atoms with Gasteiger partial charge in [-0.3, -0.25) is 4.79 Å². The Morgan fingerprint density at radius 3 is 2.64 bits per heavy atom. The fraction of sp³-hybridized carbons (Fsp3) is 0.412. The number of rotatable bonds is 5. The zero-order chi connectivity index (χ0) is 15.9. The number of ketones is 1. The summed E-state index contributed by atoms with van der Waals surface area (Å²) < 4.78 is 7.40. The van der Waals surface area contributed by atoms with Gasteiger partial charge in [0.15, 0.2) is 6.61 Å². The second-order valence-corrected chi connectivity index (χ2v) is 6.73. The number of carbonyl (C=O) groups is 2. The summed E-state index contributed by atoms with van der Waals surface area (Å²) in [4.78, 5) is 24.9. The summed E-state index contributed by atoms with van der Waals surface area (Å²) in [5.41, 5.74) is 3.63. The molecular weight excluding hydrogens is 298 g/mol. The van der Waals surface area contributed by atoms with E-state index in [1.807, 2.05) is 38.3 Å². The molecule has 3 rings (SSSR count). The van der Waals surface area contributed by atoms with E-state index in [0.717, 1.165) is 17.0 Å². The van der Waals surface area contributed by atoms with Crippen LogP contribution in [0.2, 0.25) is 0 Å². The van der Waals surface area contributed by atoms with Gasteiger partial charge in [-0.2, -0.15) is 0 Å². The van der Waals surface area contributed by atoms with E-state index in [4.69, 9.17) is 4.74 Å². The fourth-order valence-corrected chi connectivity index (χ4v) is 3.63. The first kappa shape index (κ1) is 15.0. The first-order chi connectivity index (χ1) is 10.5. The smallest absolute Gasteiger partial charge is 0.349 e. The standard InChI is InChI=1S/C17H19NO3S/c1-10-6-7-22-16(10)17(20)21-9-15(19)14-8-11(2)18(12(14)3)13-4-5-13/h6-8,13H,4-5,9H2,1-3H3. The molecule has 1 fully saturated rings. The predicted molar refractivity (Wildman–Crippen MR) is 85.8 cm³/mol. The van der Waals surface area contributed by atoms with Gasteiger partial charge < -0.3 is 9.30 Å². The highest BCUT2D eigenvalue weighted by atomic mass is 32.1. The second kappa shape index (κ2) is 5.72. The van der Waals surface area contributed by atoms with Crippen molar-refractivity contribution in [1.29, 1.82) is 0 Å². The van der Waals surface area contributed by atoms with Gasteiger partial charge in [-0.15, -0.1) is 11.3 Å². The molecule has 116 valence electrons. The molecule has 0 unspecified atom stereocenters. The third-order valence-electron chi connectivity index (χ3n) is 4.08. The summed E-state index contributed by atoms with van der Waals surface area (Å²) in [5.74, 6) is -0.556. The van der Waals surface area contributed by atoms with Crippen molar-refractivity contribution in [3.8, 4) is 0 Å². The lowest BCUT2D eigenvalue weighted by molar-refractivity contribution is 0.0478. The number of hydrogen-bond acceptors (Lipinski definition) is 4. The van der Waals surface area contributed by atoms with Gasteiger partial charge in [-0.25, -0.2) is 4.79 Å². The minimum atomic E-state index is -0.420. The highest BCUT2D eigenvalue weighted by Crippen LogP contribution is 2.38. The van der Waals surface area contributed by atoms with Gasteiger partial charge in [0, 0.05) is 23.0 Å². The minimum absolute atomic E-state index is 0.137.